The second-order valence-electron chi connectivity index (χ2n) is 4.20. The van der Waals surface area contributed by atoms with Crippen molar-refractivity contribution in [2.75, 3.05) is 6.26 Å². The lowest BCUT2D eigenvalue weighted by atomic mass is 10.2. The molecule has 3 N–H and O–H groups in total. The van der Waals surface area contributed by atoms with Gasteiger partial charge in [-0.25, -0.2) is 4.99 Å². The summed E-state index contributed by atoms with van der Waals surface area (Å²) in [6, 6.07) is 12.1. The van der Waals surface area contributed by atoms with E-state index in [0.29, 0.717) is 16.4 Å². The Kier molecular flexibility index (Phi) is 5.93. The number of amidine groups is 1. The number of hydrogen-bond acceptors (Lipinski definition) is 6. The van der Waals surface area contributed by atoms with Crippen LogP contribution in [0.2, 0.25) is 0 Å². The highest BCUT2D eigenvalue weighted by atomic mass is 32.2. The lowest BCUT2D eigenvalue weighted by molar-refractivity contribution is 0.184. The van der Waals surface area contributed by atoms with Gasteiger partial charge in [0, 0.05) is 11.8 Å². The molecule has 0 aliphatic heterocycles. The fourth-order valence-electron chi connectivity index (χ4n) is 1.59. The number of thioether (sulfide) groups is 1. The van der Waals surface area contributed by atoms with Crippen molar-refractivity contribution in [1.82, 2.24) is 10.4 Å². The molecule has 1 aromatic heterocycles. The number of phenolic OH excluding ortho intramolecular Hbond substituents is 1. The van der Waals surface area contributed by atoms with Crippen molar-refractivity contribution in [1.29, 1.82) is 0 Å². The number of hydrazone groups is 1. The summed E-state index contributed by atoms with van der Waals surface area (Å²) in [5.41, 5.74) is 3.77. The van der Waals surface area contributed by atoms with Gasteiger partial charge in [0.15, 0.2) is 11.4 Å². The number of nitrogens with zero attached hydrogens (tertiary/aromatic N) is 3. The number of pyridine rings is 1. The number of aliphatic hydroxyl groups excluding tert-OH is 1. The standard InChI is InChI=1S/C15H16N4O2S/c1-22-15(18-14(21)12-7-4-5-9-16-12)19-17-10-11-6-2-3-8-13(11)20/h2-10,14,20-21H,1H3,(H,18,19)/b17-10+/t14-/m1/s1. The Balaban J connectivity index is 2.03. The highest BCUT2D eigenvalue weighted by Gasteiger charge is 2.07. The van der Waals surface area contributed by atoms with Crippen molar-refractivity contribution in [3.8, 4) is 5.75 Å². The molecule has 1 aromatic carbocycles. The topological polar surface area (TPSA) is 90.1 Å². The van der Waals surface area contributed by atoms with Crippen LogP contribution in [0, 0.1) is 0 Å². The number of nitrogens with one attached hydrogen (secondary N) is 1. The predicted molar refractivity (Wildman–Crippen MR) is 89.0 cm³/mol. The minimum Gasteiger partial charge on any atom is -0.507 e. The number of para-hydroxylation sites is 1. The third-order valence-corrected chi connectivity index (χ3v) is 3.27. The number of aromatic hydroxyl groups is 1. The zero-order valence-corrected chi connectivity index (χ0v) is 12.7. The molecule has 1 heterocycles. The zero-order valence-electron chi connectivity index (χ0n) is 11.9. The van der Waals surface area contributed by atoms with Gasteiger partial charge in [0.25, 0.3) is 0 Å². The molecule has 114 valence electrons. The van der Waals surface area contributed by atoms with E-state index >= 15 is 0 Å². The van der Waals surface area contributed by atoms with E-state index in [0.717, 1.165) is 0 Å². The van der Waals surface area contributed by atoms with Crippen molar-refractivity contribution in [3.05, 3.63) is 59.9 Å². The van der Waals surface area contributed by atoms with Crippen LogP contribution in [-0.4, -0.2) is 32.8 Å². The quantitative estimate of drug-likeness (QED) is 0.457. The van der Waals surface area contributed by atoms with E-state index in [4.69, 9.17) is 0 Å². The van der Waals surface area contributed by atoms with Crippen LogP contribution in [-0.2, 0) is 0 Å². The van der Waals surface area contributed by atoms with E-state index in [1.165, 1.54) is 18.0 Å². The SMILES string of the molecule is CS/C(=N\[C@H](O)c1ccccn1)N/N=C/c1ccccc1O. The first kappa shape index (κ1) is 16.0. The third-order valence-electron chi connectivity index (χ3n) is 2.69. The summed E-state index contributed by atoms with van der Waals surface area (Å²) in [7, 11) is 0. The third kappa shape index (κ3) is 4.57. The lowest BCUT2D eigenvalue weighted by Gasteiger charge is -2.07. The van der Waals surface area contributed by atoms with Crippen LogP contribution in [0.25, 0.3) is 0 Å². The van der Waals surface area contributed by atoms with Crippen LogP contribution >= 0.6 is 11.8 Å². The van der Waals surface area contributed by atoms with Gasteiger partial charge < -0.3 is 10.2 Å². The van der Waals surface area contributed by atoms with Gasteiger partial charge in [-0.3, -0.25) is 10.4 Å². The van der Waals surface area contributed by atoms with Gasteiger partial charge in [0.05, 0.1) is 11.9 Å². The average Bonchev–Trinajstić information content (AvgIpc) is 2.56. The predicted octanol–water partition coefficient (Wildman–Crippen LogP) is 2.12. The second kappa shape index (κ2) is 8.16. The summed E-state index contributed by atoms with van der Waals surface area (Å²) in [6.45, 7) is 0. The van der Waals surface area contributed by atoms with Crippen LogP contribution in [0.1, 0.15) is 17.5 Å². The number of aromatic nitrogens is 1. The van der Waals surface area contributed by atoms with Crippen LogP contribution in [0.15, 0.2) is 58.8 Å². The molecule has 2 aromatic rings. The number of aliphatic hydroxyl groups is 1. The molecule has 0 saturated heterocycles. The van der Waals surface area contributed by atoms with Crippen molar-refractivity contribution < 1.29 is 10.2 Å². The molecule has 0 radical (unpaired) electrons. The van der Waals surface area contributed by atoms with Gasteiger partial charge in [-0.05, 0) is 30.5 Å². The largest absolute Gasteiger partial charge is 0.507 e. The number of aliphatic imine (C=N–C) groups is 1. The average molecular weight is 316 g/mol. The maximum absolute atomic E-state index is 9.99. The lowest BCUT2D eigenvalue weighted by Crippen LogP contribution is -2.15. The highest BCUT2D eigenvalue weighted by Crippen LogP contribution is 2.14. The minimum atomic E-state index is -1.06. The van der Waals surface area contributed by atoms with Crippen molar-refractivity contribution >= 4 is 23.1 Å². The minimum absolute atomic E-state index is 0.143. The molecule has 0 bridgehead atoms. The van der Waals surface area contributed by atoms with Gasteiger partial charge >= 0.3 is 0 Å². The first-order chi connectivity index (χ1) is 10.7. The van der Waals surface area contributed by atoms with Crippen molar-refractivity contribution in [2.45, 2.75) is 6.23 Å². The summed E-state index contributed by atoms with van der Waals surface area (Å²) < 4.78 is 0. The fraction of sp³-hybridized carbons (Fsp3) is 0.133. The normalized spacial score (nSPS) is 13.3. The van der Waals surface area contributed by atoms with Crippen LogP contribution < -0.4 is 5.43 Å². The number of phenols is 1. The zero-order chi connectivity index (χ0) is 15.8. The first-order valence-electron chi connectivity index (χ1n) is 6.48. The van der Waals surface area contributed by atoms with Gasteiger partial charge in [-0.2, -0.15) is 5.10 Å². The van der Waals surface area contributed by atoms with Gasteiger partial charge in [-0.1, -0.05) is 30.0 Å². The van der Waals surface area contributed by atoms with Crippen LogP contribution in [0.4, 0.5) is 0 Å². The molecule has 7 heteroatoms. The number of benzene rings is 1. The Morgan fingerprint density at radius 1 is 1.27 bits per heavy atom. The molecule has 0 fully saturated rings. The summed E-state index contributed by atoms with van der Waals surface area (Å²) >= 11 is 1.31. The summed E-state index contributed by atoms with van der Waals surface area (Å²) in [6.07, 6.45) is 3.83. The Morgan fingerprint density at radius 2 is 2.05 bits per heavy atom. The molecule has 0 amide bonds. The monoisotopic (exact) mass is 316 g/mol. The van der Waals surface area contributed by atoms with E-state index < -0.39 is 6.23 Å². The van der Waals surface area contributed by atoms with E-state index in [-0.39, 0.29) is 5.75 Å². The van der Waals surface area contributed by atoms with Crippen LogP contribution in [0.5, 0.6) is 5.75 Å². The molecule has 0 unspecified atom stereocenters. The molecule has 6 nitrogen and oxygen atoms in total. The Morgan fingerprint density at radius 3 is 2.73 bits per heavy atom. The molecular formula is C15H16N4O2S. The fourth-order valence-corrected chi connectivity index (χ4v) is 1.94. The van der Waals surface area contributed by atoms with Gasteiger partial charge in [0.2, 0.25) is 0 Å². The number of rotatable bonds is 4. The summed E-state index contributed by atoms with van der Waals surface area (Å²) in [5, 5.41) is 24.0. The molecule has 0 aliphatic rings. The van der Waals surface area contributed by atoms with Crippen molar-refractivity contribution in [2.24, 2.45) is 10.1 Å². The Bertz CT molecular complexity index is 662. The summed E-state index contributed by atoms with van der Waals surface area (Å²) in [4.78, 5) is 8.14. The maximum atomic E-state index is 9.99. The molecule has 0 saturated carbocycles. The van der Waals surface area contributed by atoms with E-state index in [1.807, 2.05) is 6.26 Å². The number of hydrogen-bond donors (Lipinski definition) is 3. The van der Waals surface area contributed by atoms with E-state index in [1.54, 1.807) is 48.7 Å². The van der Waals surface area contributed by atoms with E-state index in [2.05, 4.69) is 20.5 Å². The molecule has 0 spiro atoms. The van der Waals surface area contributed by atoms with E-state index in [9.17, 15) is 10.2 Å². The molecular weight excluding hydrogens is 300 g/mol. The molecule has 0 aliphatic carbocycles. The Labute approximate surface area is 132 Å². The van der Waals surface area contributed by atoms with Gasteiger partial charge in [0.1, 0.15) is 5.75 Å². The van der Waals surface area contributed by atoms with Crippen molar-refractivity contribution in [3.63, 3.8) is 0 Å². The first-order valence-corrected chi connectivity index (χ1v) is 7.71. The highest BCUT2D eigenvalue weighted by molar-refractivity contribution is 8.13. The summed E-state index contributed by atoms with van der Waals surface area (Å²) in [5.74, 6) is 0.143. The maximum Gasteiger partial charge on any atom is 0.191 e. The van der Waals surface area contributed by atoms with Crippen LogP contribution in [0.3, 0.4) is 0 Å². The van der Waals surface area contributed by atoms with Gasteiger partial charge in [-0.15, -0.1) is 0 Å². The molecule has 22 heavy (non-hydrogen) atoms. The molecule has 1 atom stereocenters. The molecule has 2 rings (SSSR count). The second-order valence-corrected chi connectivity index (χ2v) is 4.99. The Hall–Kier alpha value is -2.38. The smallest absolute Gasteiger partial charge is 0.191 e.